The minimum Gasteiger partial charge on any atom is -0.457 e. The molecule has 1 fully saturated rings. The van der Waals surface area contributed by atoms with Gasteiger partial charge in [-0.15, -0.1) is 0 Å². The Hall–Kier alpha value is -3.85. The summed E-state index contributed by atoms with van der Waals surface area (Å²) in [4.78, 5) is 15.6. The van der Waals surface area contributed by atoms with Crippen molar-refractivity contribution in [3.63, 3.8) is 0 Å². The molecule has 0 heterocycles. The molecule has 4 aromatic carbocycles. The van der Waals surface area contributed by atoms with Gasteiger partial charge < -0.3 is 9.64 Å². The van der Waals surface area contributed by atoms with Crippen molar-refractivity contribution in [2.24, 2.45) is 0 Å². The molecule has 5 rings (SSSR count). The molecule has 0 N–H and O–H groups in total. The third-order valence-corrected chi connectivity index (χ3v) is 7.04. The van der Waals surface area contributed by atoms with Crippen molar-refractivity contribution in [2.45, 2.75) is 51.5 Å². The molecule has 0 aromatic heterocycles. The fourth-order valence-corrected chi connectivity index (χ4v) is 5.04. The molecular formula is C33H33NO2. The normalized spacial score (nSPS) is 13.8. The van der Waals surface area contributed by atoms with E-state index in [1.54, 1.807) is 0 Å². The number of ether oxygens (including phenoxy) is 1. The van der Waals surface area contributed by atoms with E-state index >= 15 is 0 Å². The SMILES string of the molecule is Cc1cccc(N(Cc2ccc(C3CCCCC3)cc2)C(=O)c2ccc(Oc3ccccc3)cc2)c1. The Kier molecular flexibility index (Phi) is 7.47. The van der Waals surface area contributed by atoms with Crippen LogP contribution in [0.2, 0.25) is 0 Å². The lowest BCUT2D eigenvalue weighted by Gasteiger charge is -2.25. The first-order chi connectivity index (χ1) is 17.7. The average molecular weight is 476 g/mol. The van der Waals surface area contributed by atoms with Gasteiger partial charge in [0.15, 0.2) is 0 Å². The summed E-state index contributed by atoms with van der Waals surface area (Å²) in [5, 5.41) is 0. The van der Waals surface area contributed by atoms with Gasteiger partial charge in [-0.2, -0.15) is 0 Å². The largest absolute Gasteiger partial charge is 0.457 e. The molecule has 1 saturated carbocycles. The maximum atomic E-state index is 13.7. The van der Waals surface area contributed by atoms with Crippen LogP contribution in [0.5, 0.6) is 11.5 Å². The number of hydrogen-bond donors (Lipinski definition) is 0. The summed E-state index contributed by atoms with van der Waals surface area (Å²) in [6.07, 6.45) is 6.60. The van der Waals surface area contributed by atoms with Crippen LogP contribution < -0.4 is 9.64 Å². The van der Waals surface area contributed by atoms with Crippen molar-refractivity contribution in [1.29, 1.82) is 0 Å². The second-order valence-corrected chi connectivity index (χ2v) is 9.75. The van der Waals surface area contributed by atoms with Gasteiger partial charge in [0.25, 0.3) is 5.91 Å². The number of para-hydroxylation sites is 1. The highest BCUT2D eigenvalue weighted by Crippen LogP contribution is 2.33. The van der Waals surface area contributed by atoms with Crippen LogP contribution in [0.1, 0.15) is 65.1 Å². The van der Waals surface area contributed by atoms with Crippen LogP contribution in [0.4, 0.5) is 5.69 Å². The Bertz CT molecular complexity index is 1270. The molecule has 0 spiro atoms. The van der Waals surface area contributed by atoms with Gasteiger partial charge in [0.1, 0.15) is 11.5 Å². The lowest BCUT2D eigenvalue weighted by Crippen LogP contribution is -2.30. The highest BCUT2D eigenvalue weighted by Gasteiger charge is 2.20. The summed E-state index contributed by atoms with van der Waals surface area (Å²) in [6, 6.07) is 34.1. The molecule has 0 unspecified atom stereocenters. The number of nitrogens with zero attached hydrogens (tertiary/aromatic N) is 1. The molecule has 1 aliphatic rings. The molecule has 0 bridgehead atoms. The third-order valence-electron chi connectivity index (χ3n) is 7.04. The maximum absolute atomic E-state index is 13.7. The van der Waals surface area contributed by atoms with Gasteiger partial charge in [-0.1, -0.05) is 73.9 Å². The van der Waals surface area contributed by atoms with Gasteiger partial charge in [0, 0.05) is 11.3 Å². The first-order valence-electron chi connectivity index (χ1n) is 13.0. The van der Waals surface area contributed by atoms with Crippen molar-refractivity contribution in [3.8, 4) is 11.5 Å². The maximum Gasteiger partial charge on any atom is 0.258 e. The number of anilines is 1. The lowest BCUT2D eigenvalue weighted by atomic mass is 9.84. The summed E-state index contributed by atoms with van der Waals surface area (Å²) < 4.78 is 5.91. The van der Waals surface area contributed by atoms with Crippen LogP contribution in [0.25, 0.3) is 0 Å². The average Bonchev–Trinajstić information content (AvgIpc) is 2.93. The molecule has 3 heteroatoms. The number of rotatable bonds is 7. The Labute approximate surface area is 214 Å². The van der Waals surface area contributed by atoms with Crippen LogP contribution in [-0.2, 0) is 6.54 Å². The predicted octanol–water partition coefficient (Wildman–Crippen LogP) is 8.68. The Morgan fingerprint density at radius 3 is 2.17 bits per heavy atom. The van der Waals surface area contributed by atoms with E-state index in [0.29, 0.717) is 23.8 Å². The molecule has 1 amide bonds. The Morgan fingerprint density at radius 1 is 0.778 bits per heavy atom. The van der Waals surface area contributed by atoms with Gasteiger partial charge in [-0.25, -0.2) is 0 Å². The molecule has 36 heavy (non-hydrogen) atoms. The quantitative estimate of drug-likeness (QED) is 0.267. The highest BCUT2D eigenvalue weighted by molar-refractivity contribution is 6.06. The van der Waals surface area contributed by atoms with Crippen LogP contribution in [0, 0.1) is 6.92 Å². The molecular weight excluding hydrogens is 442 g/mol. The van der Waals surface area contributed by atoms with Crippen molar-refractivity contribution in [3.05, 3.63) is 125 Å². The van der Waals surface area contributed by atoms with E-state index in [1.807, 2.05) is 71.6 Å². The Balaban J connectivity index is 1.36. The minimum absolute atomic E-state index is 0.0248. The van der Waals surface area contributed by atoms with Gasteiger partial charge in [-0.3, -0.25) is 4.79 Å². The molecule has 4 aromatic rings. The number of carbonyl (C=O) groups excluding carboxylic acids is 1. The van der Waals surface area contributed by atoms with Gasteiger partial charge in [-0.05, 0) is 90.9 Å². The predicted molar refractivity (Wildman–Crippen MR) is 147 cm³/mol. The zero-order valence-corrected chi connectivity index (χ0v) is 20.9. The second-order valence-electron chi connectivity index (χ2n) is 9.75. The number of amides is 1. The molecule has 0 aliphatic heterocycles. The molecule has 3 nitrogen and oxygen atoms in total. The summed E-state index contributed by atoms with van der Waals surface area (Å²) >= 11 is 0. The highest BCUT2D eigenvalue weighted by atomic mass is 16.5. The van der Waals surface area contributed by atoms with Crippen LogP contribution >= 0.6 is 0 Å². The van der Waals surface area contributed by atoms with E-state index in [1.165, 1.54) is 37.7 Å². The first-order valence-corrected chi connectivity index (χ1v) is 13.0. The van der Waals surface area contributed by atoms with Crippen LogP contribution in [0.3, 0.4) is 0 Å². The topological polar surface area (TPSA) is 29.5 Å². The summed E-state index contributed by atoms with van der Waals surface area (Å²) in [7, 11) is 0. The number of hydrogen-bond acceptors (Lipinski definition) is 2. The van der Waals surface area contributed by atoms with E-state index < -0.39 is 0 Å². The minimum atomic E-state index is -0.0248. The summed E-state index contributed by atoms with van der Waals surface area (Å²) in [5.74, 6) is 2.13. The lowest BCUT2D eigenvalue weighted by molar-refractivity contribution is 0.0985. The second kappa shape index (κ2) is 11.3. The smallest absolute Gasteiger partial charge is 0.258 e. The zero-order valence-electron chi connectivity index (χ0n) is 20.9. The van der Waals surface area contributed by atoms with Crippen molar-refractivity contribution < 1.29 is 9.53 Å². The van der Waals surface area contributed by atoms with E-state index in [-0.39, 0.29) is 5.91 Å². The van der Waals surface area contributed by atoms with Gasteiger partial charge >= 0.3 is 0 Å². The monoisotopic (exact) mass is 475 g/mol. The molecule has 0 radical (unpaired) electrons. The van der Waals surface area contributed by atoms with Crippen molar-refractivity contribution >= 4 is 11.6 Å². The zero-order chi connectivity index (χ0) is 24.7. The van der Waals surface area contributed by atoms with Crippen LogP contribution in [-0.4, -0.2) is 5.91 Å². The third kappa shape index (κ3) is 5.85. The molecule has 182 valence electrons. The van der Waals surface area contributed by atoms with Crippen LogP contribution in [0.15, 0.2) is 103 Å². The van der Waals surface area contributed by atoms with Crippen molar-refractivity contribution in [1.82, 2.24) is 0 Å². The standard InChI is InChI=1S/C33H33NO2/c1-25-9-8-12-30(23-25)34(24-26-15-17-28(18-16-26)27-10-4-2-5-11-27)33(35)29-19-21-32(22-20-29)36-31-13-6-3-7-14-31/h3,6-9,12-23,27H,2,4-5,10-11,24H2,1H3. The number of benzene rings is 4. The van der Waals surface area contributed by atoms with E-state index in [4.69, 9.17) is 4.74 Å². The van der Waals surface area contributed by atoms with E-state index in [0.717, 1.165) is 22.6 Å². The fraction of sp³-hybridized carbons (Fsp3) is 0.242. The molecule has 1 aliphatic carbocycles. The summed E-state index contributed by atoms with van der Waals surface area (Å²) in [5.41, 5.74) is 5.23. The molecule has 0 atom stereocenters. The van der Waals surface area contributed by atoms with Gasteiger partial charge in [0.05, 0.1) is 6.54 Å². The van der Waals surface area contributed by atoms with E-state index in [9.17, 15) is 4.79 Å². The van der Waals surface area contributed by atoms with Gasteiger partial charge in [0.2, 0.25) is 0 Å². The number of aryl methyl sites for hydroxylation is 1. The fourth-order valence-electron chi connectivity index (χ4n) is 5.04. The van der Waals surface area contributed by atoms with Crippen molar-refractivity contribution in [2.75, 3.05) is 4.90 Å². The number of carbonyl (C=O) groups is 1. The first kappa shape index (κ1) is 23.9. The summed E-state index contributed by atoms with van der Waals surface area (Å²) in [6.45, 7) is 2.58. The van der Waals surface area contributed by atoms with E-state index in [2.05, 4.69) is 43.3 Å². The molecule has 0 saturated heterocycles. The Morgan fingerprint density at radius 2 is 1.47 bits per heavy atom.